The van der Waals surface area contributed by atoms with Crippen LogP contribution in [-0.4, -0.2) is 63.4 Å². The van der Waals surface area contributed by atoms with Gasteiger partial charge >= 0.3 is 0 Å². The van der Waals surface area contributed by atoms with Crippen LogP contribution in [0.2, 0.25) is 0 Å². The summed E-state index contributed by atoms with van der Waals surface area (Å²) < 4.78 is 2.91. The molecule has 0 atom stereocenters. The standard InChI is InChI=1S/C24H32BrN5O/c25-20-7-9-21(10-8-20)30-23(19-5-6-19)22(26-27-30)24(31)29-15-11-18(12-16-29)17-28-13-3-1-2-4-14-28/h7-10,18-19H,1-6,11-17H2. The van der Waals surface area contributed by atoms with Gasteiger partial charge in [-0.15, -0.1) is 5.10 Å². The SMILES string of the molecule is O=C(c1nnn(-c2ccc(Br)cc2)c1C1CC1)N1CCC(CN2CCCCCC2)CC1. The minimum atomic E-state index is 0.0680. The van der Waals surface area contributed by atoms with Gasteiger partial charge in [-0.1, -0.05) is 34.0 Å². The zero-order valence-corrected chi connectivity index (χ0v) is 19.8. The first-order valence-electron chi connectivity index (χ1n) is 11.9. The van der Waals surface area contributed by atoms with E-state index in [1.54, 1.807) is 0 Å². The Bertz CT molecular complexity index is 891. The van der Waals surface area contributed by atoms with Gasteiger partial charge in [-0.3, -0.25) is 4.79 Å². The molecule has 166 valence electrons. The van der Waals surface area contributed by atoms with Crippen LogP contribution in [0.3, 0.4) is 0 Å². The van der Waals surface area contributed by atoms with E-state index in [1.807, 2.05) is 33.8 Å². The Hall–Kier alpha value is -1.73. The molecule has 3 aliphatic rings. The van der Waals surface area contributed by atoms with E-state index in [-0.39, 0.29) is 5.91 Å². The van der Waals surface area contributed by atoms with Crippen LogP contribution in [-0.2, 0) is 0 Å². The van der Waals surface area contributed by atoms with Crippen LogP contribution in [0.1, 0.15) is 73.5 Å². The van der Waals surface area contributed by atoms with Crippen molar-refractivity contribution < 1.29 is 4.79 Å². The van der Waals surface area contributed by atoms with Crippen LogP contribution in [0, 0.1) is 5.92 Å². The Kier molecular flexibility index (Phi) is 6.41. The summed E-state index contributed by atoms with van der Waals surface area (Å²) in [5.74, 6) is 1.18. The lowest BCUT2D eigenvalue weighted by molar-refractivity contribution is 0.0660. The Labute approximate surface area is 193 Å². The summed E-state index contributed by atoms with van der Waals surface area (Å²) in [5.41, 5.74) is 2.53. The summed E-state index contributed by atoms with van der Waals surface area (Å²) in [4.78, 5) is 18.1. The number of carbonyl (C=O) groups is 1. The molecule has 1 aromatic carbocycles. The van der Waals surface area contributed by atoms with Crippen molar-refractivity contribution in [2.45, 2.75) is 57.3 Å². The first-order chi connectivity index (χ1) is 15.2. The number of benzene rings is 1. The van der Waals surface area contributed by atoms with Gasteiger partial charge < -0.3 is 9.80 Å². The van der Waals surface area contributed by atoms with E-state index in [1.165, 1.54) is 45.3 Å². The fraction of sp³-hybridized carbons (Fsp3) is 0.625. The van der Waals surface area contributed by atoms with Crippen molar-refractivity contribution in [2.24, 2.45) is 5.92 Å². The summed E-state index contributed by atoms with van der Waals surface area (Å²) in [6, 6.07) is 8.05. The highest BCUT2D eigenvalue weighted by molar-refractivity contribution is 9.10. The number of hydrogen-bond acceptors (Lipinski definition) is 4. The maximum Gasteiger partial charge on any atom is 0.276 e. The maximum absolute atomic E-state index is 13.4. The molecule has 0 radical (unpaired) electrons. The Morgan fingerprint density at radius 1 is 0.935 bits per heavy atom. The van der Waals surface area contributed by atoms with Crippen LogP contribution in [0.4, 0.5) is 0 Å². The molecular weight excluding hydrogens is 454 g/mol. The Morgan fingerprint density at radius 3 is 2.26 bits per heavy atom. The van der Waals surface area contributed by atoms with Crippen LogP contribution in [0.15, 0.2) is 28.7 Å². The van der Waals surface area contributed by atoms with Crippen molar-refractivity contribution in [1.29, 1.82) is 0 Å². The van der Waals surface area contributed by atoms with Crippen molar-refractivity contribution in [3.8, 4) is 5.69 Å². The van der Waals surface area contributed by atoms with E-state index in [0.29, 0.717) is 17.5 Å². The quantitative estimate of drug-likeness (QED) is 0.618. The van der Waals surface area contributed by atoms with Gasteiger partial charge in [0, 0.05) is 30.0 Å². The van der Waals surface area contributed by atoms with Crippen molar-refractivity contribution in [1.82, 2.24) is 24.8 Å². The smallest absolute Gasteiger partial charge is 0.276 e. The van der Waals surface area contributed by atoms with Crippen molar-refractivity contribution in [2.75, 3.05) is 32.7 Å². The monoisotopic (exact) mass is 485 g/mol. The van der Waals surface area contributed by atoms with E-state index >= 15 is 0 Å². The van der Waals surface area contributed by atoms with Crippen molar-refractivity contribution in [3.63, 3.8) is 0 Å². The number of rotatable bonds is 5. The molecule has 3 heterocycles. The minimum absolute atomic E-state index is 0.0680. The van der Waals surface area contributed by atoms with E-state index in [9.17, 15) is 4.79 Å². The maximum atomic E-state index is 13.4. The van der Waals surface area contributed by atoms with Gasteiger partial charge in [-0.25, -0.2) is 4.68 Å². The predicted molar refractivity (Wildman–Crippen MR) is 125 cm³/mol. The third kappa shape index (κ3) is 4.87. The molecule has 1 saturated carbocycles. The lowest BCUT2D eigenvalue weighted by atomic mass is 9.95. The van der Waals surface area contributed by atoms with Crippen LogP contribution in [0.5, 0.6) is 0 Å². The summed E-state index contributed by atoms with van der Waals surface area (Å²) in [6.07, 6.45) is 9.87. The summed E-state index contributed by atoms with van der Waals surface area (Å²) in [6.45, 7) is 5.39. The molecule has 0 bridgehead atoms. The number of aromatic nitrogens is 3. The third-order valence-electron chi connectivity index (χ3n) is 7.06. The number of piperidine rings is 1. The molecule has 2 aliphatic heterocycles. The number of hydrogen-bond donors (Lipinski definition) is 0. The normalized spacial score (nSPS) is 21.3. The molecule has 31 heavy (non-hydrogen) atoms. The lowest BCUT2D eigenvalue weighted by Crippen LogP contribution is -2.42. The number of nitrogens with zero attached hydrogens (tertiary/aromatic N) is 5. The lowest BCUT2D eigenvalue weighted by Gasteiger charge is -2.34. The summed E-state index contributed by atoms with van der Waals surface area (Å²) in [5, 5.41) is 8.77. The molecule has 1 aliphatic carbocycles. The van der Waals surface area contributed by atoms with Gasteiger partial charge in [0.05, 0.1) is 11.4 Å². The summed E-state index contributed by atoms with van der Waals surface area (Å²) in [7, 11) is 0. The van der Waals surface area contributed by atoms with Gasteiger partial charge in [-0.2, -0.15) is 0 Å². The van der Waals surface area contributed by atoms with Crippen molar-refractivity contribution >= 4 is 21.8 Å². The van der Waals surface area contributed by atoms with Gasteiger partial charge in [0.25, 0.3) is 5.91 Å². The fourth-order valence-electron chi connectivity index (χ4n) is 5.09. The molecule has 2 saturated heterocycles. The molecular formula is C24H32BrN5O. The number of amides is 1. The second kappa shape index (κ2) is 9.41. The molecule has 0 N–H and O–H groups in total. The second-order valence-corrected chi connectivity index (χ2v) is 10.4. The first kappa shape index (κ1) is 21.1. The Morgan fingerprint density at radius 2 is 1.61 bits per heavy atom. The Balaban J connectivity index is 1.25. The zero-order chi connectivity index (χ0) is 21.2. The van der Waals surface area contributed by atoms with Gasteiger partial charge in [-0.05, 0) is 81.8 Å². The van der Waals surface area contributed by atoms with E-state index < -0.39 is 0 Å². The molecule has 2 aromatic rings. The molecule has 6 nitrogen and oxygen atoms in total. The first-order valence-corrected chi connectivity index (χ1v) is 12.7. The zero-order valence-electron chi connectivity index (χ0n) is 18.2. The van der Waals surface area contributed by atoms with E-state index in [4.69, 9.17) is 0 Å². The van der Waals surface area contributed by atoms with E-state index in [2.05, 4.69) is 31.1 Å². The summed E-state index contributed by atoms with van der Waals surface area (Å²) >= 11 is 3.49. The molecule has 0 unspecified atom stereocenters. The molecule has 1 amide bonds. The highest BCUT2D eigenvalue weighted by atomic mass is 79.9. The average Bonchev–Trinajstić information content (AvgIpc) is 3.58. The van der Waals surface area contributed by atoms with Crippen LogP contribution < -0.4 is 0 Å². The average molecular weight is 486 g/mol. The molecule has 7 heteroatoms. The number of halogens is 1. The highest BCUT2D eigenvalue weighted by Gasteiger charge is 2.36. The predicted octanol–water partition coefficient (Wildman–Crippen LogP) is 4.64. The van der Waals surface area contributed by atoms with Gasteiger partial charge in [0.1, 0.15) is 0 Å². The third-order valence-corrected chi connectivity index (χ3v) is 7.59. The fourth-order valence-corrected chi connectivity index (χ4v) is 5.35. The van der Waals surface area contributed by atoms with Gasteiger partial charge in [0.15, 0.2) is 5.69 Å². The van der Waals surface area contributed by atoms with E-state index in [0.717, 1.165) is 54.6 Å². The number of carbonyl (C=O) groups excluding carboxylic acids is 1. The second-order valence-electron chi connectivity index (χ2n) is 9.44. The van der Waals surface area contributed by atoms with Gasteiger partial charge in [0.2, 0.25) is 0 Å². The van der Waals surface area contributed by atoms with Crippen LogP contribution in [0.25, 0.3) is 5.69 Å². The highest BCUT2D eigenvalue weighted by Crippen LogP contribution is 2.42. The van der Waals surface area contributed by atoms with Crippen molar-refractivity contribution in [3.05, 3.63) is 40.1 Å². The topological polar surface area (TPSA) is 54.3 Å². The largest absolute Gasteiger partial charge is 0.337 e. The molecule has 5 rings (SSSR count). The minimum Gasteiger partial charge on any atom is -0.337 e. The van der Waals surface area contributed by atoms with Crippen LogP contribution >= 0.6 is 15.9 Å². The molecule has 0 spiro atoms. The number of likely N-dealkylation sites (tertiary alicyclic amines) is 2. The molecule has 3 fully saturated rings. The molecule has 1 aromatic heterocycles.